The maximum Gasteiger partial charge on any atom is 0.287 e. The van der Waals surface area contributed by atoms with Crippen molar-refractivity contribution in [3.8, 4) is 0 Å². The van der Waals surface area contributed by atoms with E-state index in [0.29, 0.717) is 12.3 Å². The van der Waals surface area contributed by atoms with Gasteiger partial charge in [0.1, 0.15) is 0 Å². The zero-order valence-electron chi connectivity index (χ0n) is 8.79. The number of carbonyl (C=O) groups excluding carboxylic acids is 1. The first-order chi connectivity index (χ1) is 7.26. The number of ether oxygens (including phenoxy) is 1. The van der Waals surface area contributed by atoms with Crippen LogP contribution >= 0.6 is 0 Å². The van der Waals surface area contributed by atoms with Gasteiger partial charge in [-0.15, -0.1) is 0 Å². The Hall–Kier alpha value is -1.29. The third kappa shape index (κ3) is 2.04. The summed E-state index contributed by atoms with van der Waals surface area (Å²) < 4.78 is 10.4. The van der Waals surface area contributed by atoms with Gasteiger partial charge in [-0.2, -0.15) is 0 Å². The van der Waals surface area contributed by atoms with Gasteiger partial charge in [0.25, 0.3) is 5.91 Å². The molecule has 4 nitrogen and oxygen atoms in total. The van der Waals surface area contributed by atoms with Crippen LogP contribution < -0.4 is 5.32 Å². The number of carbonyl (C=O) groups is 1. The standard InChI is InChI=1S/C11H15NO3/c1-14-11(5-3-6-11)8-12-10(13)9-4-2-7-15-9/h2,4,7H,3,5-6,8H2,1H3,(H,12,13). The van der Waals surface area contributed by atoms with Gasteiger partial charge in [0, 0.05) is 13.7 Å². The van der Waals surface area contributed by atoms with Crippen LogP contribution in [0.5, 0.6) is 0 Å². The largest absolute Gasteiger partial charge is 0.459 e. The maximum absolute atomic E-state index is 11.5. The van der Waals surface area contributed by atoms with Crippen LogP contribution in [0.25, 0.3) is 0 Å². The quantitative estimate of drug-likeness (QED) is 0.819. The van der Waals surface area contributed by atoms with Crippen LogP contribution in [-0.4, -0.2) is 25.2 Å². The molecule has 0 saturated heterocycles. The fourth-order valence-corrected chi connectivity index (χ4v) is 1.76. The van der Waals surface area contributed by atoms with Gasteiger partial charge in [0.2, 0.25) is 0 Å². The molecule has 1 N–H and O–H groups in total. The average molecular weight is 209 g/mol. The summed E-state index contributed by atoms with van der Waals surface area (Å²) in [6.07, 6.45) is 4.69. The predicted molar refractivity (Wildman–Crippen MR) is 54.6 cm³/mol. The zero-order valence-corrected chi connectivity index (χ0v) is 8.79. The third-order valence-corrected chi connectivity index (χ3v) is 3.01. The predicted octanol–water partition coefficient (Wildman–Crippen LogP) is 1.58. The average Bonchev–Trinajstić information content (AvgIpc) is 2.69. The summed E-state index contributed by atoms with van der Waals surface area (Å²) in [5.41, 5.74) is -0.137. The number of furan rings is 1. The van der Waals surface area contributed by atoms with E-state index in [0.717, 1.165) is 12.8 Å². The minimum atomic E-state index is -0.177. The molecule has 1 aromatic rings. The van der Waals surface area contributed by atoms with E-state index in [-0.39, 0.29) is 11.5 Å². The van der Waals surface area contributed by atoms with Crippen molar-refractivity contribution >= 4 is 5.91 Å². The molecule has 4 heteroatoms. The summed E-state index contributed by atoms with van der Waals surface area (Å²) in [6.45, 7) is 0.559. The van der Waals surface area contributed by atoms with Crippen LogP contribution in [0.2, 0.25) is 0 Å². The minimum Gasteiger partial charge on any atom is -0.459 e. The number of amides is 1. The molecule has 82 valence electrons. The highest BCUT2D eigenvalue weighted by Gasteiger charge is 2.37. The SMILES string of the molecule is COC1(CNC(=O)c2ccco2)CCC1. The van der Waals surface area contributed by atoms with Gasteiger partial charge in [-0.1, -0.05) is 0 Å². The lowest BCUT2D eigenvalue weighted by Gasteiger charge is -2.40. The molecule has 1 aromatic heterocycles. The second-order valence-electron chi connectivity index (χ2n) is 3.90. The van der Waals surface area contributed by atoms with Crippen molar-refractivity contribution in [2.75, 3.05) is 13.7 Å². The second kappa shape index (κ2) is 4.06. The first-order valence-electron chi connectivity index (χ1n) is 5.13. The van der Waals surface area contributed by atoms with Crippen LogP contribution in [0.15, 0.2) is 22.8 Å². The molecule has 1 amide bonds. The summed E-state index contributed by atoms with van der Waals surface area (Å²) in [5, 5.41) is 2.82. The maximum atomic E-state index is 11.5. The Bertz CT molecular complexity index is 322. The molecule has 0 aliphatic heterocycles. The Morgan fingerprint density at radius 1 is 1.67 bits per heavy atom. The lowest BCUT2D eigenvalue weighted by atomic mass is 9.80. The van der Waals surface area contributed by atoms with E-state index in [1.54, 1.807) is 19.2 Å². The van der Waals surface area contributed by atoms with Crippen LogP contribution in [0.1, 0.15) is 29.8 Å². The van der Waals surface area contributed by atoms with E-state index in [1.165, 1.54) is 12.7 Å². The highest BCUT2D eigenvalue weighted by Crippen LogP contribution is 2.34. The number of hydrogen-bond donors (Lipinski definition) is 1. The van der Waals surface area contributed by atoms with Gasteiger partial charge in [-0.05, 0) is 31.4 Å². The molecule has 0 radical (unpaired) electrons. The van der Waals surface area contributed by atoms with Crippen molar-refractivity contribution in [2.24, 2.45) is 0 Å². The van der Waals surface area contributed by atoms with Crippen molar-refractivity contribution in [3.05, 3.63) is 24.2 Å². The first-order valence-corrected chi connectivity index (χ1v) is 5.13. The topological polar surface area (TPSA) is 51.5 Å². The van der Waals surface area contributed by atoms with E-state index in [4.69, 9.17) is 9.15 Å². The van der Waals surface area contributed by atoms with Crippen molar-refractivity contribution < 1.29 is 13.9 Å². The molecular formula is C11H15NO3. The van der Waals surface area contributed by atoms with Crippen molar-refractivity contribution in [1.29, 1.82) is 0 Å². The first kappa shape index (κ1) is 10.2. The van der Waals surface area contributed by atoms with Gasteiger partial charge in [-0.25, -0.2) is 0 Å². The van der Waals surface area contributed by atoms with Crippen molar-refractivity contribution in [2.45, 2.75) is 24.9 Å². The van der Waals surface area contributed by atoms with Gasteiger partial charge < -0.3 is 14.5 Å². The monoisotopic (exact) mass is 209 g/mol. The highest BCUT2D eigenvalue weighted by molar-refractivity contribution is 5.91. The van der Waals surface area contributed by atoms with E-state index in [2.05, 4.69) is 5.32 Å². The normalized spacial score (nSPS) is 18.2. The molecule has 0 aromatic carbocycles. The van der Waals surface area contributed by atoms with Gasteiger partial charge in [0.15, 0.2) is 5.76 Å². The zero-order chi connectivity index (χ0) is 10.7. The Kier molecular flexibility index (Phi) is 2.77. The lowest BCUT2D eigenvalue weighted by Crippen LogP contribution is -2.49. The molecule has 1 aliphatic rings. The minimum absolute atomic E-state index is 0.137. The second-order valence-corrected chi connectivity index (χ2v) is 3.90. The van der Waals surface area contributed by atoms with Crippen molar-refractivity contribution in [3.63, 3.8) is 0 Å². The van der Waals surface area contributed by atoms with Gasteiger partial charge >= 0.3 is 0 Å². The Balaban J connectivity index is 1.85. The summed E-state index contributed by atoms with van der Waals surface area (Å²) in [6, 6.07) is 3.35. The Labute approximate surface area is 88.6 Å². The molecule has 1 saturated carbocycles. The third-order valence-electron chi connectivity index (χ3n) is 3.01. The van der Waals surface area contributed by atoms with Crippen LogP contribution in [0.4, 0.5) is 0 Å². The van der Waals surface area contributed by atoms with E-state index >= 15 is 0 Å². The van der Waals surface area contributed by atoms with Crippen molar-refractivity contribution in [1.82, 2.24) is 5.32 Å². The van der Waals surface area contributed by atoms with Crippen LogP contribution in [-0.2, 0) is 4.74 Å². The fraction of sp³-hybridized carbons (Fsp3) is 0.545. The number of rotatable bonds is 4. The molecule has 2 rings (SSSR count). The molecule has 0 spiro atoms. The molecule has 0 bridgehead atoms. The smallest absolute Gasteiger partial charge is 0.287 e. The molecule has 1 heterocycles. The molecule has 15 heavy (non-hydrogen) atoms. The molecule has 0 atom stereocenters. The highest BCUT2D eigenvalue weighted by atomic mass is 16.5. The fourth-order valence-electron chi connectivity index (χ4n) is 1.76. The van der Waals surface area contributed by atoms with E-state index in [9.17, 15) is 4.79 Å². The molecular weight excluding hydrogens is 194 g/mol. The number of hydrogen-bond acceptors (Lipinski definition) is 3. The Morgan fingerprint density at radius 2 is 2.47 bits per heavy atom. The lowest BCUT2D eigenvalue weighted by molar-refractivity contribution is -0.0680. The summed E-state index contributed by atoms with van der Waals surface area (Å²) in [5.74, 6) is 0.170. The van der Waals surface area contributed by atoms with Crippen LogP contribution in [0, 0.1) is 0 Å². The molecule has 1 aliphatic carbocycles. The summed E-state index contributed by atoms with van der Waals surface area (Å²) in [7, 11) is 1.69. The summed E-state index contributed by atoms with van der Waals surface area (Å²) in [4.78, 5) is 11.5. The van der Waals surface area contributed by atoms with E-state index < -0.39 is 0 Å². The van der Waals surface area contributed by atoms with E-state index in [1.807, 2.05) is 0 Å². The molecule has 0 unspecified atom stereocenters. The number of methoxy groups -OCH3 is 1. The number of nitrogens with one attached hydrogen (secondary N) is 1. The summed E-state index contributed by atoms with van der Waals surface area (Å²) >= 11 is 0. The van der Waals surface area contributed by atoms with Gasteiger partial charge in [0.05, 0.1) is 11.9 Å². The van der Waals surface area contributed by atoms with Gasteiger partial charge in [-0.3, -0.25) is 4.79 Å². The van der Waals surface area contributed by atoms with Crippen LogP contribution in [0.3, 0.4) is 0 Å². The Morgan fingerprint density at radius 3 is 2.93 bits per heavy atom. The molecule has 1 fully saturated rings.